The Labute approximate surface area is 165 Å². The van der Waals surface area contributed by atoms with E-state index >= 15 is 0 Å². The van der Waals surface area contributed by atoms with E-state index in [2.05, 4.69) is 0 Å². The van der Waals surface area contributed by atoms with E-state index in [1.165, 1.54) is 54.5 Å². The highest BCUT2D eigenvalue weighted by atomic mass is 19.1. The number of methoxy groups -OCH3 is 1. The Morgan fingerprint density at radius 2 is 1.93 bits per heavy atom. The number of ketones is 1. The van der Waals surface area contributed by atoms with E-state index in [1.807, 2.05) is 0 Å². The lowest BCUT2D eigenvalue weighted by Gasteiger charge is -2.25. The summed E-state index contributed by atoms with van der Waals surface area (Å²) >= 11 is 0. The minimum atomic E-state index is -0.981. The maximum absolute atomic E-state index is 13.4. The van der Waals surface area contributed by atoms with Gasteiger partial charge >= 0.3 is 0 Å². The van der Waals surface area contributed by atoms with Crippen LogP contribution in [0.2, 0.25) is 0 Å². The molecule has 8 nitrogen and oxygen atoms in total. The van der Waals surface area contributed by atoms with Crippen LogP contribution in [0.15, 0.2) is 54.1 Å². The second kappa shape index (κ2) is 8.19. The minimum absolute atomic E-state index is 0.0241. The molecule has 0 saturated carbocycles. The Bertz CT molecular complexity index is 1000. The molecule has 1 fully saturated rings. The van der Waals surface area contributed by atoms with Crippen LogP contribution < -0.4 is 0 Å². The Morgan fingerprint density at radius 3 is 2.55 bits per heavy atom. The van der Waals surface area contributed by atoms with Crippen molar-refractivity contribution >= 4 is 23.1 Å². The molecule has 150 valence electrons. The number of likely N-dealkylation sites (tertiary alicyclic amines) is 1. The van der Waals surface area contributed by atoms with Gasteiger partial charge in [0.2, 0.25) is 0 Å². The predicted octanol–water partition coefficient (Wildman–Crippen LogP) is 2.80. The monoisotopic (exact) mass is 400 g/mol. The van der Waals surface area contributed by atoms with Crippen molar-refractivity contribution < 1.29 is 28.7 Å². The maximum atomic E-state index is 13.4. The molecule has 2 aromatic rings. The van der Waals surface area contributed by atoms with E-state index < -0.39 is 34.2 Å². The molecule has 3 rings (SSSR count). The van der Waals surface area contributed by atoms with E-state index in [0.717, 1.165) is 6.07 Å². The number of hydrogen-bond acceptors (Lipinski definition) is 6. The highest BCUT2D eigenvalue weighted by Crippen LogP contribution is 2.39. The van der Waals surface area contributed by atoms with Crippen molar-refractivity contribution in [3.05, 3.63) is 81.2 Å². The molecule has 2 aromatic carbocycles. The zero-order valence-corrected chi connectivity index (χ0v) is 15.4. The highest BCUT2D eigenvalue weighted by Gasteiger charge is 2.45. The number of amides is 1. The number of carbonyl (C=O) groups excluding carboxylic acids is 2. The number of rotatable bonds is 6. The van der Waals surface area contributed by atoms with Gasteiger partial charge in [-0.05, 0) is 17.7 Å². The van der Waals surface area contributed by atoms with Gasteiger partial charge in [0.05, 0.1) is 23.1 Å². The zero-order chi connectivity index (χ0) is 21.1. The summed E-state index contributed by atoms with van der Waals surface area (Å²) in [5, 5.41) is 21.8. The largest absolute Gasteiger partial charge is 0.507 e. The lowest BCUT2D eigenvalue weighted by molar-refractivity contribution is -0.384. The summed E-state index contributed by atoms with van der Waals surface area (Å²) in [6, 6.07) is 9.31. The minimum Gasteiger partial charge on any atom is -0.507 e. The normalized spacial score (nSPS) is 18.3. The van der Waals surface area contributed by atoms with E-state index in [1.54, 1.807) is 0 Å². The van der Waals surface area contributed by atoms with E-state index in [4.69, 9.17) is 4.74 Å². The SMILES string of the molecule is COCCN1C(=O)C(=O)/C(=C(\O)c2cccc([N+](=O)[O-])c2)C1c1ccc(F)cc1. The Hall–Kier alpha value is -3.59. The molecule has 0 aromatic heterocycles. The molecule has 9 heteroatoms. The van der Waals surface area contributed by atoms with Crippen molar-refractivity contribution in [2.75, 3.05) is 20.3 Å². The number of aliphatic hydroxyl groups is 1. The number of nitro benzene ring substituents is 1. The molecule has 1 saturated heterocycles. The fourth-order valence-corrected chi connectivity index (χ4v) is 3.21. The van der Waals surface area contributed by atoms with Crippen LogP contribution >= 0.6 is 0 Å². The molecule has 0 spiro atoms. The second-order valence-corrected chi connectivity index (χ2v) is 6.34. The summed E-state index contributed by atoms with van der Waals surface area (Å²) in [4.78, 5) is 36.9. The molecule has 1 amide bonds. The van der Waals surface area contributed by atoms with Gasteiger partial charge in [-0.3, -0.25) is 19.7 Å². The molecule has 1 aliphatic heterocycles. The van der Waals surface area contributed by atoms with E-state index in [9.17, 15) is 29.2 Å². The smallest absolute Gasteiger partial charge is 0.295 e. The lowest BCUT2D eigenvalue weighted by atomic mass is 9.95. The van der Waals surface area contributed by atoms with Gasteiger partial charge in [-0.15, -0.1) is 0 Å². The molecule has 29 heavy (non-hydrogen) atoms. The van der Waals surface area contributed by atoms with Gasteiger partial charge in [0.1, 0.15) is 11.6 Å². The summed E-state index contributed by atoms with van der Waals surface area (Å²) in [6.45, 7) is 0.205. The maximum Gasteiger partial charge on any atom is 0.295 e. The van der Waals surface area contributed by atoms with Crippen LogP contribution in [0.5, 0.6) is 0 Å². The topological polar surface area (TPSA) is 110 Å². The van der Waals surface area contributed by atoms with Gasteiger partial charge in [-0.25, -0.2) is 4.39 Å². The van der Waals surface area contributed by atoms with Crippen LogP contribution in [0.25, 0.3) is 5.76 Å². The summed E-state index contributed by atoms with van der Waals surface area (Å²) in [5.41, 5.74) is -0.0658. The van der Waals surface area contributed by atoms with E-state index in [-0.39, 0.29) is 30.0 Å². The molecule has 0 aliphatic carbocycles. The summed E-state index contributed by atoms with van der Waals surface area (Å²) in [6.07, 6.45) is 0. The quantitative estimate of drug-likeness (QED) is 0.263. The number of nitro groups is 1. The van der Waals surface area contributed by atoms with Crippen molar-refractivity contribution in [1.82, 2.24) is 4.90 Å². The Kier molecular flexibility index (Phi) is 5.69. The Morgan fingerprint density at radius 1 is 1.24 bits per heavy atom. The number of hydrogen-bond donors (Lipinski definition) is 1. The number of carbonyl (C=O) groups is 2. The number of halogens is 1. The summed E-state index contributed by atoms with van der Waals surface area (Å²) < 4.78 is 18.4. The molecule has 1 N–H and O–H groups in total. The number of ether oxygens (including phenoxy) is 1. The molecular weight excluding hydrogens is 383 g/mol. The lowest BCUT2D eigenvalue weighted by Crippen LogP contribution is -2.32. The second-order valence-electron chi connectivity index (χ2n) is 6.34. The average Bonchev–Trinajstić information content (AvgIpc) is 2.97. The number of Topliss-reactive ketones (excluding diaryl/α,β-unsaturated/α-hetero) is 1. The standard InChI is InChI=1S/C20H17FN2O6/c1-29-10-9-22-17(12-5-7-14(21)8-6-12)16(19(25)20(22)26)18(24)13-3-2-4-15(11-13)23(27)28/h2-8,11,17,24H,9-10H2,1H3/b18-16-. The molecular formula is C20H17FN2O6. The van der Waals surface area contributed by atoms with Crippen LogP contribution in [0.1, 0.15) is 17.2 Å². The van der Waals surface area contributed by atoms with Gasteiger partial charge in [-0.2, -0.15) is 0 Å². The van der Waals surface area contributed by atoms with E-state index in [0.29, 0.717) is 5.56 Å². The van der Waals surface area contributed by atoms with Crippen molar-refractivity contribution in [2.24, 2.45) is 0 Å². The van der Waals surface area contributed by atoms with Crippen molar-refractivity contribution in [3.63, 3.8) is 0 Å². The summed E-state index contributed by atoms with van der Waals surface area (Å²) in [7, 11) is 1.44. The van der Waals surface area contributed by atoms with Gasteiger partial charge in [-0.1, -0.05) is 24.3 Å². The van der Waals surface area contributed by atoms with Gasteiger partial charge in [0, 0.05) is 31.4 Å². The first-order valence-corrected chi connectivity index (χ1v) is 8.62. The first kappa shape index (κ1) is 20.2. The number of benzene rings is 2. The number of aliphatic hydroxyl groups excluding tert-OH is 1. The van der Waals surface area contributed by atoms with Crippen LogP contribution in [0.4, 0.5) is 10.1 Å². The first-order valence-electron chi connectivity index (χ1n) is 8.62. The average molecular weight is 400 g/mol. The first-order chi connectivity index (χ1) is 13.8. The molecule has 0 bridgehead atoms. The van der Waals surface area contributed by atoms with Gasteiger partial charge < -0.3 is 14.7 Å². The van der Waals surface area contributed by atoms with Crippen LogP contribution in [-0.2, 0) is 14.3 Å². The fourth-order valence-electron chi connectivity index (χ4n) is 3.21. The number of non-ortho nitro benzene ring substituents is 1. The third-order valence-electron chi connectivity index (χ3n) is 4.59. The van der Waals surface area contributed by atoms with Crippen LogP contribution in [-0.4, -0.2) is 46.9 Å². The molecule has 1 unspecified atom stereocenters. The van der Waals surface area contributed by atoms with Crippen LogP contribution in [0.3, 0.4) is 0 Å². The van der Waals surface area contributed by atoms with Crippen LogP contribution in [0, 0.1) is 15.9 Å². The third-order valence-corrected chi connectivity index (χ3v) is 4.59. The summed E-state index contributed by atoms with van der Waals surface area (Å²) in [5.74, 6) is -2.81. The van der Waals surface area contributed by atoms with Crippen molar-refractivity contribution in [2.45, 2.75) is 6.04 Å². The van der Waals surface area contributed by atoms with Crippen molar-refractivity contribution in [1.29, 1.82) is 0 Å². The zero-order valence-electron chi connectivity index (χ0n) is 15.4. The van der Waals surface area contributed by atoms with Gasteiger partial charge in [0.15, 0.2) is 0 Å². The third kappa shape index (κ3) is 3.85. The molecule has 1 atom stereocenters. The molecule has 1 heterocycles. The van der Waals surface area contributed by atoms with Crippen molar-refractivity contribution in [3.8, 4) is 0 Å². The van der Waals surface area contributed by atoms with Gasteiger partial charge in [0.25, 0.3) is 17.4 Å². The Balaban J connectivity index is 2.17. The fraction of sp³-hybridized carbons (Fsp3) is 0.200. The molecule has 1 aliphatic rings. The highest BCUT2D eigenvalue weighted by molar-refractivity contribution is 6.46. The number of nitrogens with zero attached hydrogens (tertiary/aromatic N) is 2. The molecule has 0 radical (unpaired) electrons. The predicted molar refractivity (Wildman–Crippen MR) is 100 cm³/mol.